The van der Waals surface area contributed by atoms with Gasteiger partial charge in [0.1, 0.15) is 6.73 Å². The van der Waals surface area contributed by atoms with Crippen molar-refractivity contribution in [1.29, 1.82) is 0 Å². The minimum absolute atomic E-state index is 0.487. The molecule has 2 N–H and O–H groups in total. The number of ether oxygens (including phenoxy) is 1. The summed E-state index contributed by atoms with van der Waals surface area (Å²) in [5, 5.41) is 0. The average Bonchev–Trinajstić information content (AvgIpc) is 2.91. The third-order valence-electron chi connectivity index (χ3n) is 3.20. The van der Waals surface area contributed by atoms with E-state index in [9.17, 15) is 0 Å². The fourth-order valence-corrected chi connectivity index (χ4v) is 2.62. The van der Waals surface area contributed by atoms with Crippen LogP contribution in [0.15, 0.2) is 31.0 Å². The molecule has 5 nitrogen and oxygen atoms in total. The zero-order chi connectivity index (χ0) is 15.3. The Bertz CT molecular complexity index is 577. The topological polar surface area (TPSA) is 66.0 Å². The highest BCUT2D eigenvalue weighted by Gasteiger charge is 2.12. The van der Waals surface area contributed by atoms with Gasteiger partial charge >= 0.3 is 0 Å². The smallest absolute Gasteiger partial charge is 0.123 e. The van der Waals surface area contributed by atoms with Crippen LogP contribution in [0.3, 0.4) is 0 Å². The molecule has 21 heavy (non-hydrogen) atoms. The molecule has 0 fully saturated rings. The normalized spacial score (nSPS) is 11.8. The van der Waals surface area contributed by atoms with E-state index in [1.807, 2.05) is 16.8 Å². The molecule has 0 aliphatic carbocycles. The van der Waals surface area contributed by atoms with Gasteiger partial charge in [-0.1, -0.05) is 19.6 Å². The molecule has 2 heterocycles. The van der Waals surface area contributed by atoms with Crippen molar-refractivity contribution in [3.63, 3.8) is 0 Å². The van der Waals surface area contributed by atoms with Crippen molar-refractivity contribution in [2.24, 2.45) is 5.73 Å². The highest BCUT2D eigenvalue weighted by molar-refractivity contribution is 6.76. The van der Waals surface area contributed by atoms with Crippen molar-refractivity contribution in [2.75, 3.05) is 6.61 Å². The number of hydrogen-bond acceptors (Lipinski definition) is 4. The van der Waals surface area contributed by atoms with Crippen molar-refractivity contribution in [3.05, 3.63) is 36.5 Å². The van der Waals surface area contributed by atoms with Crippen LogP contribution in [0.5, 0.6) is 0 Å². The largest absolute Gasteiger partial charge is 0.361 e. The van der Waals surface area contributed by atoms with Crippen LogP contribution in [0, 0.1) is 0 Å². The molecule has 0 saturated carbocycles. The SMILES string of the molecule is C[Si](C)(C)CCOCn1cnc(-c2cncc(CN)c2)c1. The highest BCUT2D eigenvalue weighted by Crippen LogP contribution is 2.17. The second-order valence-electron chi connectivity index (χ2n) is 6.41. The molecule has 0 spiro atoms. The molecule has 0 bridgehead atoms. The number of rotatable bonds is 7. The van der Waals surface area contributed by atoms with Gasteiger partial charge in [-0.05, 0) is 17.7 Å². The zero-order valence-electron chi connectivity index (χ0n) is 13.0. The quantitative estimate of drug-likeness (QED) is 0.631. The van der Waals surface area contributed by atoms with Crippen molar-refractivity contribution in [2.45, 2.75) is 39.0 Å². The molecule has 0 radical (unpaired) electrons. The van der Waals surface area contributed by atoms with Crippen LogP contribution < -0.4 is 5.73 Å². The first-order valence-electron chi connectivity index (χ1n) is 7.22. The molecule has 2 rings (SSSR count). The van der Waals surface area contributed by atoms with E-state index >= 15 is 0 Å². The van der Waals surface area contributed by atoms with E-state index in [-0.39, 0.29) is 0 Å². The maximum absolute atomic E-state index is 5.71. The van der Waals surface area contributed by atoms with Crippen molar-refractivity contribution < 1.29 is 4.74 Å². The first-order valence-corrected chi connectivity index (χ1v) is 10.9. The summed E-state index contributed by atoms with van der Waals surface area (Å²) in [5.41, 5.74) is 8.52. The van der Waals surface area contributed by atoms with Gasteiger partial charge in [-0.25, -0.2) is 4.98 Å². The third-order valence-corrected chi connectivity index (χ3v) is 4.90. The van der Waals surface area contributed by atoms with Crippen LogP contribution in [0.1, 0.15) is 5.56 Å². The molecular formula is C15H24N4OSi. The molecule has 0 unspecified atom stereocenters. The lowest BCUT2D eigenvalue weighted by molar-refractivity contribution is 0.0872. The van der Waals surface area contributed by atoms with Gasteiger partial charge in [0.25, 0.3) is 0 Å². The molecule has 0 aliphatic heterocycles. The van der Waals surface area contributed by atoms with Gasteiger partial charge in [-0.15, -0.1) is 0 Å². The summed E-state index contributed by atoms with van der Waals surface area (Å²) < 4.78 is 7.66. The molecule has 0 aromatic carbocycles. The van der Waals surface area contributed by atoms with Crippen molar-refractivity contribution in [3.8, 4) is 11.3 Å². The molecule has 114 valence electrons. The zero-order valence-corrected chi connectivity index (χ0v) is 14.0. The van der Waals surface area contributed by atoms with Crippen LogP contribution >= 0.6 is 0 Å². The summed E-state index contributed by atoms with van der Waals surface area (Å²) in [5.74, 6) is 0. The Balaban J connectivity index is 1.92. The van der Waals surface area contributed by atoms with E-state index in [4.69, 9.17) is 10.5 Å². The average molecular weight is 304 g/mol. The maximum atomic E-state index is 5.71. The summed E-state index contributed by atoms with van der Waals surface area (Å²) >= 11 is 0. The minimum Gasteiger partial charge on any atom is -0.361 e. The molecule has 0 atom stereocenters. The molecule has 2 aromatic heterocycles. The summed E-state index contributed by atoms with van der Waals surface area (Å²) in [6.07, 6.45) is 7.35. The van der Waals surface area contributed by atoms with Crippen LogP contribution in [0.2, 0.25) is 25.7 Å². The monoisotopic (exact) mass is 304 g/mol. The summed E-state index contributed by atoms with van der Waals surface area (Å²) in [4.78, 5) is 8.59. The van der Waals surface area contributed by atoms with E-state index in [1.54, 1.807) is 18.7 Å². The fourth-order valence-electron chi connectivity index (χ4n) is 1.87. The number of imidazole rings is 1. The molecule has 0 aliphatic rings. The highest BCUT2D eigenvalue weighted by atomic mass is 28.3. The summed E-state index contributed by atoms with van der Waals surface area (Å²) in [7, 11) is -1.02. The van der Waals surface area contributed by atoms with E-state index in [0.717, 1.165) is 23.4 Å². The van der Waals surface area contributed by atoms with Crippen LogP contribution in [0.4, 0.5) is 0 Å². The lowest BCUT2D eigenvalue weighted by Gasteiger charge is -2.15. The molecule has 2 aromatic rings. The molecular weight excluding hydrogens is 280 g/mol. The second kappa shape index (κ2) is 6.97. The number of nitrogens with two attached hydrogens (primary N) is 1. The van der Waals surface area contributed by atoms with Gasteiger partial charge < -0.3 is 15.0 Å². The Morgan fingerprint density at radius 2 is 2.10 bits per heavy atom. The van der Waals surface area contributed by atoms with Gasteiger partial charge in [0.05, 0.1) is 12.0 Å². The first kappa shape index (κ1) is 15.9. The lowest BCUT2D eigenvalue weighted by Crippen LogP contribution is -2.21. The lowest BCUT2D eigenvalue weighted by atomic mass is 10.1. The van der Waals surface area contributed by atoms with E-state index in [1.165, 1.54) is 6.04 Å². The number of nitrogens with zero attached hydrogens (tertiary/aromatic N) is 3. The Hall–Kier alpha value is -1.50. The van der Waals surface area contributed by atoms with Crippen LogP contribution in [0.25, 0.3) is 11.3 Å². The Kier molecular flexibility index (Phi) is 5.27. The van der Waals surface area contributed by atoms with Gasteiger partial charge in [-0.2, -0.15) is 0 Å². The Labute approximate surface area is 127 Å². The van der Waals surface area contributed by atoms with E-state index in [2.05, 4.69) is 29.6 Å². The predicted octanol–water partition coefficient (Wildman–Crippen LogP) is 2.72. The van der Waals surface area contributed by atoms with E-state index in [0.29, 0.717) is 13.3 Å². The Morgan fingerprint density at radius 1 is 1.29 bits per heavy atom. The van der Waals surface area contributed by atoms with Crippen molar-refractivity contribution in [1.82, 2.24) is 14.5 Å². The van der Waals surface area contributed by atoms with E-state index < -0.39 is 8.07 Å². The van der Waals surface area contributed by atoms with Crippen LogP contribution in [-0.4, -0.2) is 29.2 Å². The standard InChI is InChI=1S/C15H24N4OSi/c1-21(2,3)5-4-20-12-19-10-15(18-11-19)14-6-13(7-16)8-17-9-14/h6,8-11H,4-5,7,12,16H2,1-3H3. The maximum Gasteiger partial charge on any atom is 0.123 e. The summed E-state index contributed by atoms with van der Waals surface area (Å²) in [6, 6.07) is 3.20. The molecule has 0 amide bonds. The van der Waals surface area contributed by atoms with Gasteiger partial charge in [0, 0.05) is 45.4 Å². The predicted molar refractivity (Wildman–Crippen MR) is 87.5 cm³/mol. The number of hydrogen-bond donors (Lipinski definition) is 1. The van der Waals surface area contributed by atoms with Gasteiger partial charge in [0.15, 0.2) is 0 Å². The van der Waals surface area contributed by atoms with Crippen molar-refractivity contribution >= 4 is 8.07 Å². The first-order chi connectivity index (χ1) is 9.98. The van der Waals surface area contributed by atoms with Crippen LogP contribution in [-0.2, 0) is 18.0 Å². The number of pyridine rings is 1. The molecule has 6 heteroatoms. The number of aromatic nitrogens is 3. The Morgan fingerprint density at radius 3 is 2.81 bits per heavy atom. The molecule has 0 saturated heterocycles. The second-order valence-corrected chi connectivity index (χ2v) is 12.0. The fraction of sp³-hybridized carbons (Fsp3) is 0.467. The summed E-state index contributed by atoms with van der Waals surface area (Å²) in [6.45, 7) is 8.89. The third kappa shape index (κ3) is 5.07. The van der Waals surface area contributed by atoms with Gasteiger partial charge in [-0.3, -0.25) is 4.98 Å². The van der Waals surface area contributed by atoms with Gasteiger partial charge in [0.2, 0.25) is 0 Å². The minimum atomic E-state index is -1.02.